The fraction of sp³-hybridized carbons (Fsp3) is 0.545. The molecule has 0 saturated carbocycles. The van der Waals surface area contributed by atoms with Crippen molar-refractivity contribution < 1.29 is 0 Å². The van der Waals surface area contributed by atoms with E-state index in [-0.39, 0.29) is 11.1 Å². The van der Waals surface area contributed by atoms with E-state index in [9.17, 15) is 4.79 Å². The molecule has 0 aliphatic carbocycles. The molecule has 0 aliphatic heterocycles. The van der Waals surface area contributed by atoms with Crippen molar-refractivity contribution in [3.8, 4) is 0 Å². The molecule has 3 nitrogen and oxygen atoms in total. The van der Waals surface area contributed by atoms with E-state index in [2.05, 4.69) is 20.8 Å². The Morgan fingerprint density at radius 2 is 2.07 bits per heavy atom. The second kappa shape index (κ2) is 3.96. The van der Waals surface area contributed by atoms with E-state index in [0.717, 1.165) is 12.0 Å². The minimum Gasteiger partial charge on any atom is -0.326 e. The highest BCUT2D eigenvalue weighted by Gasteiger charge is 2.18. The van der Waals surface area contributed by atoms with E-state index in [4.69, 9.17) is 5.73 Å². The van der Waals surface area contributed by atoms with Crippen LogP contribution in [0, 0.1) is 0 Å². The molecule has 0 radical (unpaired) electrons. The molecule has 0 bridgehead atoms. The average molecular weight is 194 g/mol. The maximum Gasteiger partial charge on any atom is 0.251 e. The molecule has 0 fully saturated rings. The Hall–Kier alpha value is -1.09. The van der Waals surface area contributed by atoms with Crippen molar-refractivity contribution in [2.45, 2.75) is 39.3 Å². The third kappa shape index (κ3) is 2.04. The summed E-state index contributed by atoms with van der Waals surface area (Å²) in [6.45, 7) is 6.64. The second-order valence-electron chi connectivity index (χ2n) is 4.12. The van der Waals surface area contributed by atoms with Gasteiger partial charge >= 0.3 is 0 Å². The molecule has 2 N–H and O–H groups in total. The van der Waals surface area contributed by atoms with Gasteiger partial charge in [-0.3, -0.25) is 4.79 Å². The van der Waals surface area contributed by atoms with Crippen LogP contribution < -0.4 is 11.3 Å². The smallest absolute Gasteiger partial charge is 0.251 e. The van der Waals surface area contributed by atoms with Crippen molar-refractivity contribution >= 4 is 0 Å². The van der Waals surface area contributed by atoms with Gasteiger partial charge in [0, 0.05) is 24.3 Å². The number of hydrogen-bond acceptors (Lipinski definition) is 2. The van der Waals surface area contributed by atoms with E-state index in [0.29, 0.717) is 6.54 Å². The van der Waals surface area contributed by atoms with Gasteiger partial charge in [-0.1, -0.05) is 13.0 Å². The first-order valence-corrected chi connectivity index (χ1v) is 4.93. The molecule has 78 valence electrons. The molecule has 0 saturated heterocycles. The summed E-state index contributed by atoms with van der Waals surface area (Å²) in [6, 6.07) is 3.37. The van der Waals surface area contributed by atoms with Gasteiger partial charge in [-0.05, 0) is 25.8 Å². The standard InChI is InChI=1S/C11H18N2O/c1-4-11(2,3)13-8-9(7-12)5-6-10(13)14/h5-6,8H,4,7,12H2,1-3H3. The lowest BCUT2D eigenvalue weighted by Crippen LogP contribution is -2.35. The van der Waals surface area contributed by atoms with Gasteiger partial charge in [0.1, 0.15) is 0 Å². The predicted octanol–water partition coefficient (Wildman–Crippen LogP) is 1.45. The van der Waals surface area contributed by atoms with Crippen LogP contribution in [-0.4, -0.2) is 4.57 Å². The van der Waals surface area contributed by atoms with Gasteiger partial charge in [-0.25, -0.2) is 0 Å². The van der Waals surface area contributed by atoms with Crippen LogP contribution in [-0.2, 0) is 12.1 Å². The van der Waals surface area contributed by atoms with Crippen LogP contribution in [0.15, 0.2) is 23.1 Å². The zero-order valence-corrected chi connectivity index (χ0v) is 9.08. The SMILES string of the molecule is CCC(C)(C)n1cc(CN)ccc1=O. The molecule has 1 aromatic heterocycles. The van der Waals surface area contributed by atoms with Crippen molar-refractivity contribution in [1.29, 1.82) is 0 Å². The summed E-state index contributed by atoms with van der Waals surface area (Å²) in [4.78, 5) is 11.6. The Balaban J connectivity index is 3.26. The Morgan fingerprint density at radius 1 is 1.43 bits per heavy atom. The summed E-state index contributed by atoms with van der Waals surface area (Å²) in [5.41, 5.74) is 6.43. The predicted molar refractivity (Wildman–Crippen MR) is 58.2 cm³/mol. The van der Waals surface area contributed by atoms with Crippen LogP contribution in [0.25, 0.3) is 0 Å². The Bertz CT molecular complexity index is 366. The molecule has 0 amide bonds. The number of hydrogen-bond donors (Lipinski definition) is 1. The summed E-state index contributed by atoms with van der Waals surface area (Å²) in [5.74, 6) is 0. The Kier molecular flexibility index (Phi) is 3.11. The largest absolute Gasteiger partial charge is 0.326 e. The monoisotopic (exact) mass is 194 g/mol. The van der Waals surface area contributed by atoms with Gasteiger partial charge in [0.05, 0.1) is 0 Å². The Labute approximate surface area is 84.6 Å². The third-order valence-corrected chi connectivity index (χ3v) is 2.73. The van der Waals surface area contributed by atoms with E-state index in [1.165, 1.54) is 0 Å². The van der Waals surface area contributed by atoms with E-state index >= 15 is 0 Å². The topological polar surface area (TPSA) is 48.0 Å². The van der Waals surface area contributed by atoms with E-state index < -0.39 is 0 Å². The third-order valence-electron chi connectivity index (χ3n) is 2.73. The molecule has 1 rings (SSSR count). The van der Waals surface area contributed by atoms with Crippen LogP contribution in [0.5, 0.6) is 0 Å². The maximum atomic E-state index is 11.6. The molecular formula is C11H18N2O. The van der Waals surface area contributed by atoms with Crippen LogP contribution in [0.3, 0.4) is 0 Å². The summed E-state index contributed by atoms with van der Waals surface area (Å²) >= 11 is 0. The zero-order valence-electron chi connectivity index (χ0n) is 9.08. The lowest BCUT2D eigenvalue weighted by atomic mass is 10.0. The molecule has 1 aromatic rings. The molecule has 0 unspecified atom stereocenters. The summed E-state index contributed by atoms with van der Waals surface area (Å²) in [5, 5.41) is 0. The van der Waals surface area contributed by atoms with Gasteiger partial charge in [-0.15, -0.1) is 0 Å². The minimum atomic E-state index is -0.137. The fourth-order valence-corrected chi connectivity index (χ4v) is 1.30. The van der Waals surface area contributed by atoms with Crippen LogP contribution in [0.1, 0.15) is 32.8 Å². The molecule has 1 heterocycles. The highest BCUT2D eigenvalue weighted by atomic mass is 16.1. The lowest BCUT2D eigenvalue weighted by molar-refractivity contribution is 0.331. The minimum absolute atomic E-state index is 0.0362. The second-order valence-corrected chi connectivity index (χ2v) is 4.12. The average Bonchev–Trinajstić information content (AvgIpc) is 2.18. The van der Waals surface area contributed by atoms with Crippen LogP contribution in [0.4, 0.5) is 0 Å². The molecule has 0 spiro atoms. The van der Waals surface area contributed by atoms with Gasteiger partial charge in [0.2, 0.25) is 0 Å². The van der Waals surface area contributed by atoms with Crippen molar-refractivity contribution in [3.05, 3.63) is 34.2 Å². The summed E-state index contributed by atoms with van der Waals surface area (Å²) < 4.78 is 1.76. The number of nitrogens with two attached hydrogens (primary N) is 1. The van der Waals surface area contributed by atoms with Crippen molar-refractivity contribution in [1.82, 2.24) is 4.57 Å². The first-order valence-electron chi connectivity index (χ1n) is 4.93. The maximum absolute atomic E-state index is 11.6. The van der Waals surface area contributed by atoms with Gasteiger partial charge < -0.3 is 10.3 Å². The molecule has 0 aromatic carbocycles. The summed E-state index contributed by atoms with van der Waals surface area (Å²) in [6.07, 6.45) is 2.77. The molecule has 0 aliphatic rings. The quantitative estimate of drug-likeness (QED) is 0.791. The molecule has 3 heteroatoms. The number of nitrogens with zero attached hydrogens (tertiary/aromatic N) is 1. The van der Waals surface area contributed by atoms with E-state index in [1.54, 1.807) is 16.7 Å². The normalized spacial score (nSPS) is 11.7. The number of rotatable bonds is 3. The highest BCUT2D eigenvalue weighted by Crippen LogP contribution is 2.16. The fourth-order valence-electron chi connectivity index (χ4n) is 1.30. The lowest BCUT2D eigenvalue weighted by Gasteiger charge is -2.26. The highest BCUT2D eigenvalue weighted by molar-refractivity contribution is 5.11. The first kappa shape index (κ1) is 11.0. The zero-order chi connectivity index (χ0) is 10.8. The number of aromatic nitrogens is 1. The molecular weight excluding hydrogens is 176 g/mol. The molecule has 14 heavy (non-hydrogen) atoms. The van der Waals surface area contributed by atoms with Crippen LogP contribution >= 0.6 is 0 Å². The van der Waals surface area contributed by atoms with Crippen molar-refractivity contribution in [3.63, 3.8) is 0 Å². The number of pyridine rings is 1. The van der Waals surface area contributed by atoms with Gasteiger partial charge in [-0.2, -0.15) is 0 Å². The molecule has 0 atom stereocenters. The van der Waals surface area contributed by atoms with Crippen LogP contribution in [0.2, 0.25) is 0 Å². The Morgan fingerprint density at radius 3 is 2.57 bits per heavy atom. The van der Waals surface area contributed by atoms with Gasteiger partial charge in [0.15, 0.2) is 0 Å². The van der Waals surface area contributed by atoms with Crippen molar-refractivity contribution in [2.75, 3.05) is 0 Å². The van der Waals surface area contributed by atoms with E-state index in [1.807, 2.05) is 6.20 Å². The van der Waals surface area contributed by atoms with Gasteiger partial charge in [0.25, 0.3) is 5.56 Å². The summed E-state index contributed by atoms with van der Waals surface area (Å²) in [7, 11) is 0. The van der Waals surface area contributed by atoms with Crippen molar-refractivity contribution in [2.24, 2.45) is 5.73 Å². The first-order chi connectivity index (χ1) is 6.51.